The Morgan fingerprint density at radius 2 is 2.26 bits per heavy atom. The van der Waals surface area contributed by atoms with E-state index in [0.29, 0.717) is 12.2 Å². The zero-order chi connectivity index (χ0) is 14.4. The maximum atomic E-state index is 11.6. The summed E-state index contributed by atoms with van der Waals surface area (Å²) in [5.74, 6) is 2.08. The van der Waals surface area contributed by atoms with Crippen LogP contribution in [0.4, 0.5) is 11.4 Å². The quantitative estimate of drug-likeness (QED) is 0.480. The Morgan fingerprint density at radius 3 is 2.79 bits per heavy atom. The third-order valence-corrected chi connectivity index (χ3v) is 2.42. The number of benzene rings is 1. The van der Waals surface area contributed by atoms with Crippen LogP contribution in [0.3, 0.4) is 0 Å². The number of carbonyl (C=O) groups is 1. The Labute approximate surface area is 111 Å². The van der Waals surface area contributed by atoms with Crippen LogP contribution in [0.5, 0.6) is 0 Å². The number of terminal acetylenes is 1. The van der Waals surface area contributed by atoms with Gasteiger partial charge in [-0.25, -0.2) is 0 Å². The summed E-state index contributed by atoms with van der Waals surface area (Å²) in [6.45, 7) is 3.94. The highest BCUT2D eigenvalue weighted by Crippen LogP contribution is 2.26. The van der Waals surface area contributed by atoms with Gasteiger partial charge in [0.1, 0.15) is 5.69 Å². The minimum atomic E-state index is -0.547. The van der Waals surface area contributed by atoms with E-state index in [4.69, 9.17) is 6.42 Å². The number of hydrogen-bond acceptors (Lipinski definition) is 4. The molecule has 1 atom stereocenters. The van der Waals surface area contributed by atoms with Gasteiger partial charge >= 0.3 is 0 Å². The van der Waals surface area contributed by atoms with Gasteiger partial charge in [0.25, 0.3) is 11.6 Å². The molecule has 0 aliphatic rings. The van der Waals surface area contributed by atoms with E-state index in [1.54, 1.807) is 13.8 Å². The first kappa shape index (κ1) is 14.5. The van der Waals surface area contributed by atoms with Crippen molar-refractivity contribution in [2.45, 2.75) is 19.9 Å². The van der Waals surface area contributed by atoms with Crippen molar-refractivity contribution in [1.29, 1.82) is 0 Å². The molecular formula is C13H15N3O3. The molecule has 0 radical (unpaired) electrons. The lowest BCUT2D eigenvalue weighted by Crippen LogP contribution is -2.23. The molecule has 0 aliphatic carbocycles. The van der Waals surface area contributed by atoms with Gasteiger partial charge in [-0.05, 0) is 26.0 Å². The van der Waals surface area contributed by atoms with Gasteiger partial charge in [0.15, 0.2) is 0 Å². The zero-order valence-electron chi connectivity index (χ0n) is 10.8. The van der Waals surface area contributed by atoms with Gasteiger partial charge in [-0.1, -0.05) is 5.92 Å². The summed E-state index contributed by atoms with van der Waals surface area (Å²) in [6.07, 6.45) is 5.22. The van der Waals surface area contributed by atoms with Crippen LogP contribution >= 0.6 is 0 Å². The van der Waals surface area contributed by atoms with Crippen molar-refractivity contribution < 1.29 is 9.72 Å². The van der Waals surface area contributed by atoms with Gasteiger partial charge in [0.2, 0.25) is 0 Å². The smallest absolute Gasteiger partial charge is 0.293 e. The summed E-state index contributed by atoms with van der Waals surface area (Å²) in [7, 11) is 0. The maximum absolute atomic E-state index is 11.6. The highest BCUT2D eigenvalue weighted by molar-refractivity contribution is 5.95. The van der Waals surface area contributed by atoms with Gasteiger partial charge in [0, 0.05) is 18.2 Å². The molecule has 6 nitrogen and oxygen atoms in total. The van der Waals surface area contributed by atoms with E-state index in [2.05, 4.69) is 16.6 Å². The molecule has 19 heavy (non-hydrogen) atoms. The first-order valence-corrected chi connectivity index (χ1v) is 5.78. The van der Waals surface area contributed by atoms with Crippen molar-refractivity contribution in [2.24, 2.45) is 0 Å². The average molecular weight is 261 g/mol. The molecule has 1 amide bonds. The van der Waals surface area contributed by atoms with Crippen molar-refractivity contribution in [2.75, 3.05) is 11.9 Å². The number of nitrogens with one attached hydrogen (secondary N) is 2. The molecule has 0 aliphatic heterocycles. The summed E-state index contributed by atoms with van der Waals surface area (Å²) < 4.78 is 0. The van der Waals surface area contributed by atoms with Crippen LogP contribution in [0.25, 0.3) is 0 Å². The molecule has 2 N–H and O–H groups in total. The molecule has 1 unspecified atom stereocenters. The Balaban J connectivity index is 3.12. The normalized spacial score (nSPS) is 11.2. The average Bonchev–Trinajstić information content (AvgIpc) is 2.38. The van der Waals surface area contributed by atoms with Crippen LogP contribution in [0.15, 0.2) is 18.2 Å². The highest BCUT2D eigenvalue weighted by Gasteiger charge is 2.18. The number of nitro benzene ring substituents is 1. The van der Waals surface area contributed by atoms with Crippen LogP contribution < -0.4 is 10.6 Å². The minimum absolute atomic E-state index is 0.175. The van der Waals surface area contributed by atoms with Crippen LogP contribution in [0.1, 0.15) is 24.2 Å². The molecule has 100 valence electrons. The molecule has 0 spiro atoms. The van der Waals surface area contributed by atoms with Crippen molar-refractivity contribution >= 4 is 17.3 Å². The number of carbonyl (C=O) groups excluding carboxylic acids is 1. The molecule has 0 bridgehead atoms. The second-order valence-corrected chi connectivity index (χ2v) is 3.88. The standard InChI is InChI=1S/C13H15N3O3/c1-4-9(3)15-11-7-6-10(13(17)14-5-2)8-12(11)16(18)19/h1,6-9,15H,5H2,2-3H3,(H,14,17). The number of nitrogens with zero attached hydrogens (tertiary/aromatic N) is 1. The molecule has 1 rings (SSSR count). The molecule has 0 saturated heterocycles. The fourth-order valence-electron chi connectivity index (χ4n) is 1.48. The monoisotopic (exact) mass is 261 g/mol. The fraction of sp³-hybridized carbons (Fsp3) is 0.308. The summed E-state index contributed by atoms with van der Waals surface area (Å²) in [4.78, 5) is 22.1. The lowest BCUT2D eigenvalue weighted by molar-refractivity contribution is -0.384. The number of anilines is 1. The third-order valence-electron chi connectivity index (χ3n) is 2.42. The largest absolute Gasteiger partial charge is 0.366 e. The van der Waals surface area contributed by atoms with Crippen molar-refractivity contribution in [3.8, 4) is 12.3 Å². The Hall–Kier alpha value is -2.55. The van der Waals surface area contributed by atoms with E-state index in [0.717, 1.165) is 0 Å². The first-order valence-electron chi connectivity index (χ1n) is 5.78. The SMILES string of the molecule is C#CC(C)Nc1ccc(C(=O)NCC)cc1[N+](=O)[O-]. The fourth-order valence-corrected chi connectivity index (χ4v) is 1.48. The van der Waals surface area contributed by atoms with Crippen LogP contribution in [0, 0.1) is 22.5 Å². The van der Waals surface area contributed by atoms with E-state index in [1.165, 1.54) is 18.2 Å². The number of nitro groups is 1. The van der Waals surface area contributed by atoms with Crippen molar-refractivity contribution in [1.82, 2.24) is 5.32 Å². The van der Waals surface area contributed by atoms with Crippen molar-refractivity contribution in [3.63, 3.8) is 0 Å². The molecule has 0 aromatic heterocycles. The molecule has 0 fully saturated rings. The first-order chi connectivity index (χ1) is 8.99. The summed E-state index contributed by atoms with van der Waals surface area (Å²) in [6, 6.07) is 3.89. The Kier molecular flexibility index (Phi) is 4.89. The lowest BCUT2D eigenvalue weighted by Gasteiger charge is -2.10. The van der Waals surface area contributed by atoms with E-state index >= 15 is 0 Å². The predicted molar refractivity (Wildman–Crippen MR) is 73.0 cm³/mol. The molecule has 6 heteroatoms. The second-order valence-electron chi connectivity index (χ2n) is 3.88. The molecule has 1 aromatic rings. The van der Waals surface area contributed by atoms with Crippen LogP contribution in [-0.2, 0) is 0 Å². The maximum Gasteiger partial charge on any atom is 0.293 e. The van der Waals surface area contributed by atoms with E-state index < -0.39 is 4.92 Å². The van der Waals surface area contributed by atoms with Crippen LogP contribution in [-0.4, -0.2) is 23.4 Å². The highest BCUT2D eigenvalue weighted by atomic mass is 16.6. The van der Waals surface area contributed by atoms with Gasteiger partial charge in [-0.15, -0.1) is 6.42 Å². The third kappa shape index (κ3) is 3.71. The van der Waals surface area contributed by atoms with Crippen molar-refractivity contribution in [3.05, 3.63) is 33.9 Å². The number of rotatable bonds is 5. The topological polar surface area (TPSA) is 84.3 Å². The Bertz CT molecular complexity index is 534. The van der Waals surface area contributed by atoms with E-state index in [9.17, 15) is 14.9 Å². The molecule has 1 aromatic carbocycles. The van der Waals surface area contributed by atoms with Gasteiger partial charge in [-0.2, -0.15) is 0 Å². The zero-order valence-corrected chi connectivity index (χ0v) is 10.8. The lowest BCUT2D eigenvalue weighted by atomic mass is 10.1. The van der Waals surface area contributed by atoms with E-state index in [-0.39, 0.29) is 23.2 Å². The summed E-state index contributed by atoms with van der Waals surface area (Å²) >= 11 is 0. The molecule has 0 heterocycles. The Morgan fingerprint density at radius 1 is 1.58 bits per heavy atom. The van der Waals surface area contributed by atoms with Gasteiger partial charge in [-0.3, -0.25) is 14.9 Å². The predicted octanol–water partition coefficient (Wildman–Crippen LogP) is 1.78. The van der Waals surface area contributed by atoms with Gasteiger partial charge in [0.05, 0.1) is 11.0 Å². The van der Waals surface area contributed by atoms with E-state index in [1.807, 2.05) is 0 Å². The minimum Gasteiger partial charge on any atom is -0.366 e. The second kappa shape index (κ2) is 6.40. The summed E-state index contributed by atoms with van der Waals surface area (Å²) in [5.41, 5.74) is 0.363. The molecular weight excluding hydrogens is 246 g/mol. The molecule has 0 saturated carbocycles. The number of amides is 1. The summed E-state index contributed by atoms with van der Waals surface area (Å²) in [5, 5.41) is 16.4. The number of hydrogen-bond donors (Lipinski definition) is 2. The van der Waals surface area contributed by atoms with Gasteiger partial charge < -0.3 is 10.6 Å². The van der Waals surface area contributed by atoms with Crippen LogP contribution in [0.2, 0.25) is 0 Å².